The van der Waals surface area contributed by atoms with Gasteiger partial charge in [0, 0.05) is 19.9 Å². The predicted molar refractivity (Wildman–Crippen MR) is 79.7 cm³/mol. The van der Waals surface area contributed by atoms with Gasteiger partial charge in [-0.1, -0.05) is 0 Å². The van der Waals surface area contributed by atoms with Crippen LogP contribution >= 0.6 is 11.8 Å². The van der Waals surface area contributed by atoms with E-state index < -0.39 is 0 Å². The van der Waals surface area contributed by atoms with E-state index in [0.717, 1.165) is 18.2 Å². The molecular formula is C13H25N3OS. The third-order valence-electron chi connectivity index (χ3n) is 2.79. The Morgan fingerprint density at radius 3 is 2.94 bits per heavy atom. The fourth-order valence-corrected chi connectivity index (χ4v) is 2.37. The molecule has 1 aromatic rings. The molecular weight excluding hydrogens is 246 g/mol. The monoisotopic (exact) mass is 271 g/mol. The number of anilines is 1. The van der Waals surface area contributed by atoms with E-state index in [9.17, 15) is 0 Å². The third kappa shape index (κ3) is 4.90. The van der Waals surface area contributed by atoms with Crippen LogP contribution < -0.4 is 5.32 Å². The summed E-state index contributed by atoms with van der Waals surface area (Å²) < 4.78 is 7.36. The Hall–Kier alpha value is -0.680. The number of unbranched alkanes of at least 4 members (excludes halogenated alkanes) is 1. The molecule has 104 valence electrons. The van der Waals surface area contributed by atoms with Crippen LogP contribution in [0.1, 0.15) is 31.5 Å². The maximum absolute atomic E-state index is 5.20. The molecule has 0 spiro atoms. The fraction of sp³-hybridized carbons (Fsp3) is 0.769. The van der Waals surface area contributed by atoms with E-state index in [1.54, 1.807) is 7.11 Å². The van der Waals surface area contributed by atoms with Gasteiger partial charge in [-0.2, -0.15) is 11.8 Å². The van der Waals surface area contributed by atoms with Crippen LogP contribution in [0.3, 0.4) is 0 Å². The number of hydrogen-bond donors (Lipinski definition) is 1. The van der Waals surface area contributed by atoms with Gasteiger partial charge < -0.3 is 14.6 Å². The molecule has 1 heterocycles. The lowest BCUT2D eigenvalue weighted by Crippen LogP contribution is -2.15. The smallest absolute Gasteiger partial charge is 0.203 e. The molecule has 1 aromatic heterocycles. The van der Waals surface area contributed by atoms with Crippen molar-refractivity contribution in [3.05, 3.63) is 11.9 Å². The number of rotatable bonds is 9. The van der Waals surface area contributed by atoms with E-state index in [-0.39, 0.29) is 0 Å². The normalized spacial score (nSPS) is 12.7. The summed E-state index contributed by atoms with van der Waals surface area (Å²) in [5.41, 5.74) is 1.05. The zero-order valence-electron chi connectivity index (χ0n) is 11.9. The second-order valence-electron chi connectivity index (χ2n) is 4.54. The minimum absolute atomic E-state index is 0.310. The number of hydrogen-bond acceptors (Lipinski definition) is 4. The summed E-state index contributed by atoms with van der Waals surface area (Å²) >= 11 is 1.90. The van der Waals surface area contributed by atoms with Crippen molar-refractivity contribution in [1.82, 2.24) is 9.55 Å². The Morgan fingerprint density at radius 2 is 2.28 bits per heavy atom. The molecule has 1 atom stereocenters. The summed E-state index contributed by atoms with van der Waals surface area (Å²) in [6.07, 6.45) is 6.66. The molecule has 0 aliphatic rings. The number of imidazole rings is 1. The van der Waals surface area contributed by atoms with Crippen LogP contribution in [0, 0.1) is 6.92 Å². The van der Waals surface area contributed by atoms with Gasteiger partial charge in [-0.25, -0.2) is 4.98 Å². The predicted octanol–water partition coefficient (Wildman–Crippen LogP) is 2.95. The van der Waals surface area contributed by atoms with E-state index in [0.29, 0.717) is 12.6 Å². The van der Waals surface area contributed by atoms with Crippen molar-refractivity contribution in [2.45, 2.75) is 32.7 Å². The number of methoxy groups -OCH3 is 1. The molecule has 0 saturated carbocycles. The molecule has 0 aromatic carbocycles. The van der Waals surface area contributed by atoms with E-state index in [2.05, 4.69) is 34.2 Å². The van der Waals surface area contributed by atoms with Crippen molar-refractivity contribution in [3.8, 4) is 0 Å². The molecule has 0 saturated heterocycles. The Labute approximate surface area is 115 Å². The minimum Gasteiger partial charge on any atom is -0.383 e. The van der Waals surface area contributed by atoms with Crippen LogP contribution in [0.5, 0.6) is 0 Å². The van der Waals surface area contributed by atoms with Crippen LogP contribution in [0.15, 0.2) is 6.20 Å². The number of aryl methyl sites for hydroxylation is 1. The Bertz CT molecular complexity index is 341. The van der Waals surface area contributed by atoms with Gasteiger partial charge in [-0.3, -0.25) is 0 Å². The summed E-state index contributed by atoms with van der Waals surface area (Å²) in [7, 11) is 1.73. The highest BCUT2D eigenvalue weighted by atomic mass is 32.2. The molecule has 1 unspecified atom stereocenters. The van der Waals surface area contributed by atoms with Gasteiger partial charge >= 0.3 is 0 Å². The van der Waals surface area contributed by atoms with Crippen molar-refractivity contribution in [3.63, 3.8) is 0 Å². The first kappa shape index (κ1) is 15.4. The van der Waals surface area contributed by atoms with Gasteiger partial charge in [0.1, 0.15) is 0 Å². The molecule has 0 amide bonds. The number of aromatic nitrogens is 2. The first-order chi connectivity index (χ1) is 8.69. The van der Waals surface area contributed by atoms with Gasteiger partial charge in [-0.15, -0.1) is 0 Å². The van der Waals surface area contributed by atoms with Crippen LogP contribution in [0.2, 0.25) is 0 Å². The van der Waals surface area contributed by atoms with Crippen molar-refractivity contribution in [2.24, 2.45) is 0 Å². The summed E-state index contributed by atoms with van der Waals surface area (Å²) in [5.74, 6) is 2.19. The first-order valence-electron chi connectivity index (χ1n) is 6.46. The average Bonchev–Trinajstić information content (AvgIpc) is 2.71. The topological polar surface area (TPSA) is 39.1 Å². The highest BCUT2D eigenvalue weighted by Crippen LogP contribution is 2.16. The van der Waals surface area contributed by atoms with Gasteiger partial charge in [0.15, 0.2) is 0 Å². The standard InChI is InChI=1S/C13H25N3OS/c1-11-9-16(12(2)10-17-3)13(15-11)14-7-5-6-8-18-4/h9,12H,5-8,10H2,1-4H3,(H,14,15). The zero-order chi connectivity index (χ0) is 13.4. The molecule has 0 fully saturated rings. The molecule has 4 nitrogen and oxygen atoms in total. The number of nitrogens with zero attached hydrogens (tertiary/aromatic N) is 2. The van der Waals surface area contributed by atoms with Gasteiger partial charge in [0.05, 0.1) is 18.3 Å². The molecule has 0 bridgehead atoms. The molecule has 0 radical (unpaired) electrons. The van der Waals surface area contributed by atoms with Crippen molar-refractivity contribution < 1.29 is 4.74 Å². The molecule has 5 heteroatoms. The number of thioether (sulfide) groups is 1. The fourth-order valence-electron chi connectivity index (χ4n) is 1.88. The molecule has 18 heavy (non-hydrogen) atoms. The largest absolute Gasteiger partial charge is 0.383 e. The highest BCUT2D eigenvalue weighted by Gasteiger charge is 2.11. The lowest BCUT2D eigenvalue weighted by molar-refractivity contribution is 0.163. The SMILES string of the molecule is COCC(C)n1cc(C)nc1NCCCCSC. The summed E-state index contributed by atoms with van der Waals surface area (Å²) in [5, 5.41) is 3.42. The average molecular weight is 271 g/mol. The summed E-state index contributed by atoms with van der Waals surface area (Å²) in [4.78, 5) is 4.52. The van der Waals surface area contributed by atoms with E-state index in [4.69, 9.17) is 4.74 Å². The summed E-state index contributed by atoms with van der Waals surface area (Å²) in [6, 6.07) is 0.310. The van der Waals surface area contributed by atoms with Crippen LogP contribution in [-0.4, -0.2) is 41.8 Å². The molecule has 1 N–H and O–H groups in total. The Balaban J connectivity index is 2.48. The highest BCUT2D eigenvalue weighted by molar-refractivity contribution is 7.98. The van der Waals surface area contributed by atoms with Crippen LogP contribution in [0.25, 0.3) is 0 Å². The molecule has 0 aliphatic carbocycles. The lowest BCUT2D eigenvalue weighted by Gasteiger charge is -2.16. The quantitative estimate of drug-likeness (QED) is 0.701. The second kappa shape index (κ2) is 8.43. The second-order valence-corrected chi connectivity index (χ2v) is 5.53. The Morgan fingerprint density at radius 1 is 1.50 bits per heavy atom. The number of ether oxygens (including phenoxy) is 1. The van der Waals surface area contributed by atoms with Crippen molar-refractivity contribution in [1.29, 1.82) is 0 Å². The van der Waals surface area contributed by atoms with Crippen LogP contribution in [-0.2, 0) is 4.74 Å². The first-order valence-corrected chi connectivity index (χ1v) is 7.85. The minimum atomic E-state index is 0.310. The summed E-state index contributed by atoms with van der Waals surface area (Å²) in [6.45, 7) is 5.85. The van der Waals surface area contributed by atoms with Crippen LogP contribution in [0.4, 0.5) is 5.95 Å². The molecule has 0 aliphatic heterocycles. The van der Waals surface area contributed by atoms with E-state index >= 15 is 0 Å². The van der Waals surface area contributed by atoms with E-state index in [1.165, 1.54) is 18.6 Å². The van der Waals surface area contributed by atoms with Gasteiger partial charge in [-0.05, 0) is 38.7 Å². The maximum Gasteiger partial charge on any atom is 0.203 e. The van der Waals surface area contributed by atoms with Gasteiger partial charge in [0.2, 0.25) is 5.95 Å². The third-order valence-corrected chi connectivity index (χ3v) is 3.49. The maximum atomic E-state index is 5.20. The van der Waals surface area contributed by atoms with E-state index in [1.807, 2.05) is 18.7 Å². The van der Waals surface area contributed by atoms with Crippen molar-refractivity contribution in [2.75, 3.05) is 37.6 Å². The zero-order valence-corrected chi connectivity index (χ0v) is 12.7. The Kier molecular flexibility index (Phi) is 7.20. The number of nitrogens with one attached hydrogen (secondary N) is 1. The molecule has 1 rings (SSSR count). The van der Waals surface area contributed by atoms with Gasteiger partial charge in [0.25, 0.3) is 0 Å². The van der Waals surface area contributed by atoms with Crippen molar-refractivity contribution >= 4 is 17.7 Å². The lowest BCUT2D eigenvalue weighted by atomic mass is 10.3.